The molecule has 5 aromatic rings. The summed E-state index contributed by atoms with van der Waals surface area (Å²) in [4.78, 5) is 40.8. The zero-order chi connectivity index (χ0) is 23.4. The minimum atomic E-state index is -0.452. The first kappa shape index (κ1) is 20.4. The number of non-ortho nitro benzene ring substituents is 1. The molecule has 0 bridgehead atoms. The zero-order valence-corrected chi connectivity index (χ0v) is 18.2. The van der Waals surface area contributed by atoms with E-state index in [-0.39, 0.29) is 17.2 Å². The summed E-state index contributed by atoms with van der Waals surface area (Å²) in [6, 6.07) is 15.9. The van der Waals surface area contributed by atoms with E-state index in [0.717, 1.165) is 21.4 Å². The lowest BCUT2D eigenvalue weighted by Crippen LogP contribution is -2.37. The van der Waals surface area contributed by atoms with Gasteiger partial charge in [0.1, 0.15) is 0 Å². The highest BCUT2D eigenvalue weighted by Gasteiger charge is 2.24. The van der Waals surface area contributed by atoms with Crippen LogP contribution in [0.5, 0.6) is 0 Å². The molecule has 0 unspecified atom stereocenters. The number of hydrogen-bond donors (Lipinski definition) is 0. The van der Waals surface area contributed by atoms with Crippen LogP contribution in [0.1, 0.15) is 18.5 Å². The van der Waals surface area contributed by atoms with Crippen LogP contribution in [-0.4, -0.2) is 28.0 Å². The summed E-state index contributed by atoms with van der Waals surface area (Å²) in [5, 5.41) is 11.1. The molecule has 0 aliphatic heterocycles. The molecule has 2 aromatic carbocycles. The molecule has 10 nitrogen and oxygen atoms in total. The third-order valence-electron chi connectivity index (χ3n) is 6.04. The number of nitro groups is 1. The Hall–Kier alpha value is -4.47. The van der Waals surface area contributed by atoms with E-state index in [1.807, 2.05) is 41.8 Å². The molecule has 3 aromatic heterocycles. The van der Waals surface area contributed by atoms with Crippen LogP contribution in [0.15, 0.2) is 70.4 Å². The highest BCUT2D eigenvalue weighted by molar-refractivity contribution is 5.78. The van der Waals surface area contributed by atoms with Crippen LogP contribution < -0.4 is 11.2 Å². The average Bonchev–Trinajstić information content (AvgIpc) is 3.38. The normalized spacial score (nSPS) is 12.5. The number of aryl methyl sites for hydroxylation is 1. The summed E-state index contributed by atoms with van der Waals surface area (Å²) in [6.07, 6.45) is 1.79. The maximum atomic E-state index is 13.0. The van der Waals surface area contributed by atoms with Gasteiger partial charge in [-0.05, 0) is 24.6 Å². The second-order valence-electron chi connectivity index (χ2n) is 7.93. The molecule has 0 saturated heterocycles. The number of nitrogens with zero attached hydrogens (tertiary/aromatic N) is 6. The summed E-state index contributed by atoms with van der Waals surface area (Å²) in [7, 11) is 3.02. The quantitative estimate of drug-likeness (QED) is 0.313. The molecule has 0 N–H and O–H groups in total. The molecule has 0 spiro atoms. The van der Waals surface area contributed by atoms with Gasteiger partial charge in [0.05, 0.1) is 16.7 Å². The molecule has 33 heavy (non-hydrogen) atoms. The van der Waals surface area contributed by atoms with Gasteiger partial charge >= 0.3 is 5.69 Å². The van der Waals surface area contributed by atoms with E-state index in [2.05, 4.69) is 4.98 Å². The minimum absolute atomic E-state index is 0.00735. The summed E-state index contributed by atoms with van der Waals surface area (Å²) in [5.41, 5.74) is 2.18. The van der Waals surface area contributed by atoms with Gasteiger partial charge in [0.2, 0.25) is 5.78 Å². The van der Waals surface area contributed by atoms with Gasteiger partial charge in [-0.15, -0.1) is 0 Å². The molecular formula is C23H20N6O4. The van der Waals surface area contributed by atoms with Crippen LogP contribution in [0.2, 0.25) is 0 Å². The lowest BCUT2D eigenvalue weighted by atomic mass is 10.1. The lowest BCUT2D eigenvalue weighted by Gasteiger charge is -2.17. The predicted molar refractivity (Wildman–Crippen MR) is 124 cm³/mol. The molecule has 3 heterocycles. The van der Waals surface area contributed by atoms with E-state index in [0.29, 0.717) is 11.4 Å². The maximum Gasteiger partial charge on any atom is 0.332 e. The van der Waals surface area contributed by atoms with Crippen molar-refractivity contribution in [3.8, 4) is 11.3 Å². The maximum absolute atomic E-state index is 13.0. The van der Waals surface area contributed by atoms with E-state index in [1.165, 1.54) is 23.7 Å². The first-order chi connectivity index (χ1) is 15.8. The first-order valence-corrected chi connectivity index (χ1v) is 10.3. The van der Waals surface area contributed by atoms with Gasteiger partial charge in [0, 0.05) is 38.0 Å². The molecule has 1 atom stereocenters. The summed E-state index contributed by atoms with van der Waals surface area (Å²) in [5.74, 6) is 0.494. The lowest BCUT2D eigenvalue weighted by molar-refractivity contribution is -0.384. The monoisotopic (exact) mass is 444 g/mol. The zero-order valence-electron chi connectivity index (χ0n) is 18.2. The second kappa shape index (κ2) is 7.30. The third kappa shape index (κ3) is 2.99. The number of nitro benzene ring substituents is 1. The van der Waals surface area contributed by atoms with Crippen LogP contribution in [0.25, 0.3) is 28.2 Å². The SMILES string of the molecule is C[C@H](c1ccccc1)n1c(-c2ccc([N+](=O)[O-])cc2)cn2c3c(=O)n(C)c(=O)n(C)c3nc12. The van der Waals surface area contributed by atoms with Crippen molar-refractivity contribution in [3.05, 3.63) is 97.3 Å². The van der Waals surface area contributed by atoms with Gasteiger partial charge in [-0.2, -0.15) is 4.98 Å². The molecular weight excluding hydrogens is 424 g/mol. The Morgan fingerprint density at radius 3 is 2.27 bits per heavy atom. The van der Waals surface area contributed by atoms with E-state index in [4.69, 9.17) is 0 Å². The van der Waals surface area contributed by atoms with Crippen molar-refractivity contribution < 1.29 is 4.92 Å². The molecule has 0 amide bonds. The number of rotatable bonds is 4. The Labute approximate surface area is 186 Å². The van der Waals surface area contributed by atoms with Crippen LogP contribution in [0, 0.1) is 10.1 Å². The van der Waals surface area contributed by atoms with E-state index in [1.54, 1.807) is 29.8 Å². The molecule has 0 aliphatic carbocycles. The summed E-state index contributed by atoms with van der Waals surface area (Å²) < 4.78 is 6.07. The number of hydrogen-bond acceptors (Lipinski definition) is 5. The fourth-order valence-corrected chi connectivity index (χ4v) is 4.22. The Balaban J connectivity index is 1.87. The number of aromatic nitrogens is 5. The second-order valence-corrected chi connectivity index (χ2v) is 7.93. The van der Waals surface area contributed by atoms with Crippen molar-refractivity contribution >= 4 is 22.6 Å². The van der Waals surface area contributed by atoms with Gasteiger partial charge in [0.25, 0.3) is 11.2 Å². The van der Waals surface area contributed by atoms with Crippen molar-refractivity contribution in [1.29, 1.82) is 0 Å². The number of imidazole rings is 2. The van der Waals surface area contributed by atoms with Crippen molar-refractivity contribution in [3.63, 3.8) is 0 Å². The average molecular weight is 444 g/mol. The summed E-state index contributed by atoms with van der Waals surface area (Å²) >= 11 is 0. The smallest absolute Gasteiger partial charge is 0.302 e. The molecule has 10 heteroatoms. The van der Waals surface area contributed by atoms with E-state index < -0.39 is 16.2 Å². The molecule has 0 radical (unpaired) electrons. The molecule has 0 saturated carbocycles. The number of fused-ring (bicyclic) bond motifs is 3. The van der Waals surface area contributed by atoms with Crippen molar-refractivity contribution in [1.82, 2.24) is 23.1 Å². The Bertz CT molecular complexity index is 1660. The summed E-state index contributed by atoms with van der Waals surface area (Å²) in [6.45, 7) is 2.01. The van der Waals surface area contributed by atoms with Crippen molar-refractivity contribution in [2.75, 3.05) is 0 Å². The van der Waals surface area contributed by atoms with Crippen LogP contribution >= 0.6 is 0 Å². The number of benzene rings is 2. The highest BCUT2D eigenvalue weighted by Crippen LogP contribution is 2.32. The molecule has 0 aliphatic rings. The topological polar surface area (TPSA) is 109 Å². The van der Waals surface area contributed by atoms with Crippen LogP contribution in [0.3, 0.4) is 0 Å². The standard InChI is InChI=1S/C23H20N6O4/c1-14(15-7-5-4-6-8-15)28-18(16-9-11-17(12-10-16)29(32)33)13-27-19-20(24-22(27)28)25(2)23(31)26(3)21(19)30/h4-14H,1-3H3/t14-/m1/s1. The first-order valence-electron chi connectivity index (χ1n) is 10.3. The van der Waals surface area contributed by atoms with Crippen LogP contribution in [-0.2, 0) is 14.1 Å². The van der Waals surface area contributed by atoms with E-state index >= 15 is 0 Å². The Morgan fingerprint density at radius 1 is 0.970 bits per heavy atom. The largest absolute Gasteiger partial charge is 0.332 e. The van der Waals surface area contributed by atoms with Gasteiger partial charge in [-0.1, -0.05) is 30.3 Å². The van der Waals surface area contributed by atoms with Gasteiger partial charge in [-0.25, -0.2) is 4.79 Å². The predicted octanol–water partition coefficient (Wildman–Crippen LogP) is 2.87. The Morgan fingerprint density at radius 2 is 1.64 bits per heavy atom. The van der Waals surface area contributed by atoms with E-state index in [9.17, 15) is 19.7 Å². The molecule has 0 fully saturated rings. The van der Waals surface area contributed by atoms with Gasteiger partial charge in [-0.3, -0.25) is 28.4 Å². The van der Waals surface area contributed by atoms with Crippen molar-refractivity contribution in [2.24, 2.45) is 14.1 Å². The fourth-order valence-electron chi connectivity index (χ4n) is 4.22. The molecule has 5 rings (SSSR count). The highest BCUT2D eigenvalue weighted by atomic mass is 16.6. The van der Waals surface area contributed by atoms with Gasteiger partial charge < -0.3 is 4.57 Å². The van der Waals surface area contributed by atoms with Crippen LogP contribution in [0.4, 0.5) is 5.69 Å². The minimum Gasteiger partial charge on any atom is -0.302 e. The Kier molecular flexibility index (Phi) is 4.52. The van der Waals surface area contributed by atoms with Crippen molar-refractivity contribution in [2.45, 2.75) is 13.0 Å². The fraction of sp³-hybridized carbons (Fsp3) is 0.174. The third-order valence-corrected chi connectivity index (χ3v) is 6.04. The molecule has 166 valence electrons. The van der Waals surface area contributed by atoms with Gasteiger partial charge in [0.15, 0.2) is 11.2 Å².